The van der Waals surface area contributed by atoms with Crippen molar-refractivity contribution in [3.05, 3.63) is 36.3 Å². The van der Waals surface area contributed by atoms with Crippen LogP contribution in [0.15, 0.2) is 24.8 Å². The first-order chi connectivity index (χ1) is 10.1. The summed E-state index contributed by atoms with van der Waals surface area (Å²) in [7, 11) is 1.86. The van der Waals surface area contributed by atoms with E-state index in [-0.39, 0.29) is 6.04 Å². The van der Waals surface area contributed by atoms with Gasteiger partial charge in [-0.15, -0.1) is 5.10 Å². The van der Waals surface area contributed by atoms with Gasteiger partial charge in [-0.25, -0.2) is 14.5 Å². The predicted octanol–water partition coefficient (Wildman–Crippen LogP) is 1.13. The molecular formula is C13H14N8. The molecule has 4 rings (SSSR count). The smallest absolute Gasteiger partial charge is 0.176 e. The number of hydrogen-bond donors (Lipinski definition) is 0. The molecule has 4 aromatic rings. The molecule has 4 heterocycles. The van der Waals surface area contributed by atoms with Gasteiger partial charge in [-0.2, -0.15) is 10.2 Å². The van der Waals surface area contributed by atoms with Crippen LogP contribution in [0, 0.1) is 6.92 Å². The van der Waals surface area contributed by atoms with Crippen LogP contribution in [0.25, 0.3) is 16.7 Å². The zero-order valence-electron chi connectivity index (χ0n) is 12.0. The number of aryl methyl sites for hydroxylation is 2. The van der Waals surface area contributed by atoms with E-state index in [1.807, 2.05) is 37.8 Å². The van der Waals surface area contributed by atoms with Crippen molar-refractivity contribution in [2.45, 2.75) is 19.9 Å². The summed E-state index contributed by atoms with van der Waals surface area (Å²) in [6, 6.07) is 1.93. The monoisotopic (exact) mass is 282 g/mol. The molecule has 0 aliphatic heterocycles. The summed E-state index contributed by atoms with van der Waals surface area (Å²) in [5.74, 6) is 0.705. The maximum absolute atomic E-state index is 4.64. The Bertz CT molecular complexity index is 944. The van der Waals surface area contributed by atoms with Crippen LogP contribution >= 0.6 is 0 Å². The lowest BCUT2D eigenvalue weighted by Gasteiger charge is -2.06. The van der Waals surface area contributed by atoms with Crippen molar-refractivity contribution in [1.29, 1.82) is 0 Å². The highest BCUT2D eigenvalue weighted by atomic mass is 15.4. The molecule has 8 heteroatoms. The number of rotatable bonds is 2. The zero-order chi connectivity index (χ0) is 14.6. The molecule has 0 aromatic carbocycles. The summed E-state index contributed by atoms with van der Waals surface area (Å²) in [6.45, 7) is 3.98. The number of fused-ring (bicyclic) bond motifs is 3. The van der Waals surface area contributed by atoms with Crippen LogP contribution in [0.1, 0.15) is 24.5 Å². The lowest BCUT2D eigenvalue weighted by atomic mass is 10.3. The van der Waals surface area contributed by atoms with Crippen LogP contribution in [0.3, 0.4) is 0 Å². The lowest BCUT2D eigenvalue weighted by Crippen LogP contribution is -2.09. The van der Waals surface area contributed by atoms with Crippen molar-refractivity contribution in [3.63, 3.8) is 0 Å². The first kappa shape index (κ1) is 12.0. The molecule has 0 aliphatic rings. The Balaban J connectivity index is 1.88. The van der Waals surface area contributed by atoms with Gasteiger partial charge in [0.05, 0.1) is 17.3 Å². The third-order valence-electron chi connectivity index (χ3n) is 3.60. The summed E-state index contributed by atoms with van der Waals surface area (Å²) in [4.78, 5) is 8.99. The van der Waals surface area contributed by atoms with Gasteiger partial charge in [0, 0.05) is 13.2 Å². The van der Waals surface area contributed by atoms with E-state index in [1.54, 1.807) is 21.7 Å². The van der Waals surface area contributed by atoms with E-state index in [2.05, 4.69) is 25.3 Å². The predicted molar refractivity (Wildman–Crippen MR) is 75.8 cm³/mol. The SMILES string of the molecule is Cc1ccn([C@H](C)c2nc3c4cnn(C)c4ncn3n2)n1. The van der Waals surface area contributed by atoms with E-state index < -0.39 is 0 Å². The molecule has 1 atom stereocenters. The van der Waals surface area contributed by atoms with E-state index in [0.29, 0.717) is 5.82 Å². The minimum atomic E-state index is -0.0367. The molecule has 21 heavy (non-hydrogen) atoms. The van der Waals surface area contributed by atoms with E-state index >= 15 is 0 Å². The van der Waals surface area contributed by atoms with Crippen LogP contribution in [-0.2, 0) is 7.05 Å². The average Bonchev–Trinajstić information content (AvgIpc) is 3.16. The Hall–Kier alpha value is -2.77. The third kappa shape index (κ3) is 1.72. The molecule has 0 N–H and O–H groups in total. The van der Waals surface area contributed by atoms with Crippen LogP contribution in [0.2, 0.25) is 0 Å². The summed E-state index contributed by atoms with van der Waals surface area (Å²) in [5, 5.41) is 14.0. The van der Waals surface area contributed by atoms with Gasteiger partial charge in [-0.1, -0.05) is 0 Å². The van der Waals surface area contributed by atoms with Gasteiger partial charge >= 0.3 is 0 Å². The fourth-order valence-corrected chi connectivity index (χ4v) is 2.40. The maximum Gasteiger partial charge on any atom is 0.176 e. The molecule has 0 spiro atoms. The Kier molecular flexibility index (Phi) is 2.35. The molecule has 8 nitrogen and oxygen atoms in total. The summed E-state index contributed by atoms with van der Waals surface area (Å²) in [6.07, 6.45) is 5.36. The van der Waals surface area contributed by atoms with Gasteiger partial charge in [0.15, 0.2) is 17.1 Å². The summed E-state index contributed by atoms with van der Waals surface area (Å²) < 4.78 is 5.27. The van der Waals surface area contributed by atoms with Crippen LogP contribution in [0.5, 0.6) is 0 Å². The van der Waals surface area contributed by atoms with Gasteiger partial charge in [0.25, 0.3) is 0 Å². The molecule has 0 amide bonds. The largest absolute Gasteiger partial charge is 0.262 e. The lowest BCUT2D eigenvalue weighted by molar-refractivity contribution is 0.533. The van der Waals surface area contributed by atoms with Gasteiger partial charge in [-0.3, -0.25) is 9.36 Å². The zero-order valence-corrected chi connectivity index (χ0v) is 12.0. The Morgan fingerprint density at radius 3 is 2.81 bits per heavy atom. The Morgan fingerprint density at radius 1 is 1.19 bits per heavy atom. The van der Waals surface area contributed by atoms with Crippen molar-refractivity contribution < 1.29 is 0 Å². The van der Waals surface area contributed by atoms with E-state index in [0.717, 1.165) is 22.4 Å². The standard InChI is InChI=1S/C13H14N8/c1-8-4-5-20(17-8)9(2)11-16-13-10-6-15-19(3)12(10)14-7-21(13)18-11/h4-7,9H,1-3H3/t9-/m1/s1. The fourth-order valence-electron chi connectivity index (χ4n) is 2.40. The highest BCUT2D eigenvalue weighted by Gasteiger charge is 2.17. The van der Waals surface area contributed by atoms with E-state index in [4.69, 9.17) is 0 Å². The molecular weight excluding hydrogens is 268 g/mol. The minimum Gasteiger partial charge on any atom is -0.262 e. The number of hydrogen-bond acceptors (Lipinski definition) is 5. The minimum absolute atomic E-state index is 0.0367. The topological polar surface area (TPSA) is 78.7 Å². The highest BCUT2D eigenvalue weighted by Crippen LogP contribution is 2.19. The molecule has 0 fully saturated rings. The second-order valence-corrected chi connectivity index (χ2v) is 5.10. The van der Waals surface area contributed by atoms with Crippen molar-refractivity contribution in [1.82, 2.24) is 39.1 Å². The molecule has 0 bridgehead atoms. The number of nitrogens with zero attached hydrogens (tertiary/aromatic N) is 8. The van der Waals surface area contributed by atoms with Crippen LogP contribution < -0.4 is 0 Å². The molecule has 0 aliphatic carbocycles. The normalized spacial score (nSPS) is 13.3. The molecule has 0 saturated carbocycles. The maximum atomic E-state index is 4.64. The molecule has 0 saturated heterocycles. The van der Waals surface area contributed by atoms with Crippen molar-refractivity contribution in [3.8, 4) is 0 Å². The summed E-state index contributed by atoms with van der Waals surface area (Å²) >= 11 is 0. The van der Waals surface area contributed by atoms with Crippen molar-refractivity contribution in [2.24, 2.45) is 7.05 Å². The van der Waals surface area contributed by atoms with Crippen molar-refractivity contribution >= 4 is 16.7 Å². The van der Waals surface area contributed by atoms with Crippen LogP contribution in [-0.4, -0.2) is 39.1 Å². The highest BCUT2D eigenvalue weighted by molar-refractivity contribution is 5.88. The molecule has 0 radical (unpaired) electrons. The van der Waals surface area contributed by atoms with Gasteiger partial charge in [-0.05, 0) is 19.9 Å². The second-order valence-electron chi connectivity index (χ2n) is 5.10. The second kappa shape index (κ2) is 4.11. The van der Waals surface area contributed by atoms with Crippen molar-refractivity contribution in [2.75, 3.05) is 0 Å². The third-order valence-corrected chi connectivity index (χ3v) is 3.60. The van der Waals surface area contributed by atoms with E-state index in [1.165, 1.54) is 0 Å². The Labute approximate surface area is 120 Å². The van der Waals surface area contributed by atoms with Gasteiger partial charge < -0.3 is 0 Å². The van der Waals surface area contributed by atoms with Crippen LogP contribution in [0.4, 0.5) is 0 Å². The summed E-state index contributed by atoms with van der Waals surface area (Å²) in [5.41, 5.74) is 2.53. The Morgan fingerprint density at radius 2 is 2.05 bits per heavy atom. The van der Waals surface area contributed by atoms with Gasteiger partial charge in [0.2, 0.25) is 0 Å². The average molecular weight is 282 g/mol. The van der Waals surface area contributed by atoms with E-state index in [9.17, 15) is 0 Å². The number of aromatic nitrogens is 8. The molecule has 106 valence electrons. The first-order valence-electron chi connectivity index (χ1n) is 6.68. The quantitative estimate of drug-likeness (QED) is 0.550. The fraction of sp³-hybridized carbons (Fsp3) is 0.308. The molecule has 4 aromatic heterocycles. The first-order valence-corrected chi connectivity index (χ1v) is 6.68. The molecule has 0 unspecified atom stereocenters. The van der Waals surface area contributed by atoms with Gasteiger partial charge in [0.1, 0.15) is 12.4 Å².